The number of likely N-dealkylation sites (N-methyl/N-ethyl adjacent to an activating group) is 1. The van der Waals surface area contributed by atoms with Gasteiger partial charge in [-0.05, 0) is 24.1 Å². The van der Waals surface area contributed by atoms with Crippen LogP contribution in [0.2, 0.25) is 0 Å². The summed E-state index contributed by atoms with van der Waals surface area (Å²) in [5.41, 5.74) is 2.20. The van der Waals surface area contributed by atoms with E-state index in [1.54, 1.807) is 0 Å². The Kier molecular flexibility index (Phi) is 6.36. The summed E-state index contributed by atoms with van der Waals surface area (Å²) in [5.74, 6) is 0.0225. The standard InChI is InChI=1S/C20H25NO2/c1-16(2)19(21(3)14-17-10-6-4-7-11-17)20(22)23-15-18-12-8-5-9-13-18/h4-13,16,19H,14-15H2,1-3H3. The molecule has 0 aliphatic rings. The average molecular weight is 311 g/mol. The van der Waals surface area contributed by atoms with E-state index in [9.17, 15) is 4.79 Å². The Morgan fingerprint density at radius 1 is 0.957 bits per heavy atom. The van der Waals surface area contributed by atoms with Crippen LogP contribution in [0.5, 0.6) is 0 Å². The van der Waals surface area contributed by atoms with Gasteiger partial charge in [0.25, 0.3) is 0 Å². The number of hydrogen-bond donors (Lipinski definition) is 0. The fourth-order valence-corrected chi connectivity index (χ4v) is 2.74. The van der Waals surface area contributed by atoms with Crippen molar-refractivity contribution < 1.29 is 9.53 Å². The monoisotopic (exact) mass is 311 g/mol. The van der Waals surface area contributed by atoms with Crippen LogP contribution in [0.4, 0.5) is 0 Å². The van der Waals surface area contributed by atoms with E-state index in [-0.39, 0.29) is 17.9 Å². The first-order valence-electron chi connectivity index (χ1n) is 8.02. The molecule has 0 fully saturated rings. The molecule has 0 saturated carbocycles. The Morgan fingerprint density at radius 3 is 2.00 bits per heavy atom. The smallest absolute Gasteiger partial charge is 0.323 e. The van der Waals surface area contributed by atoms with E-state index in [4.69, 9.17) is 4.74 Å². The molecule has 0 bridgehead atoms. The predicted octanol–water partition coefficient (Wildman–Crippen LogP) is 3.89. The van der Waals surface area contributed by atoms with Gasteiger partial charge < -0.3 is 4.74 Å². The zero-order valence-corrected chi connectivity index (χ0v) is 14.1. The second kappa shape index (κ2) is 8.49. The zero-order valence-electron chi connectivity index (χ0n) is 14.1. The van der Waals surface area contributed by atoms with Crippen molar-refractivity contribution in [3.63, 3.8) is 0 Å². The lowest BCUT2D eigenvalue weighted by Crippen LogP contribution is -2.43. The largest absolute Gasteiger partial charge is 0.460 e. The number of benzene rings is 2. The molecule has 1 unspecified atom stereocenters. The fraction of sp³-hybridized carbons (Fsp3) is 0.350. The van der Waals surface area contributed by atoms with Gasteiger partial charge in [-0.3, -0.25) is 9.69 Å². The molecular formula is C20H25NO2. The minimum atomic E-state index is -0.251. The molecule has 122 valence electrons. The van der Waals surface area contributed by atoms with E-state index in [1.165, 1.54) is 5.56 Å². The number of carbonyl (C=O) groups excluding carboxylic acids is 1. The van der Waals surface area contributed by atoms with Gasteiger partial charge in [0.05, 0.1) is 0 Å². The molecule has 0 heterocycles. The summed E-state index contributed by atoms with van der Waals surface area (Å²) < 4.78 is 5.53. The number of carbonyl (C=O) groups is 1. The second-order valence-corrected chi connectivity index (χ2v) is 6.18. The van der Waals surface area contributed by atoms with E-state index < -0.39 is 0 Å². The van der Waals surface area contributed by atoms with Crippen molar-refractivity contribution in [3.05, 3.63) is 71.8 Å². The maximum Gasteiger partial charge on any atom is 0.323 e. The molecule has 0 aliphatic heterocycles. The summed E-state index contributed by atoms with van der Waals surface area (Å²) in [4.78, 5) is 14.6. The molecule has 0 N–H and O–H groups in total. The van der Waals surface area contributed by atoms with E-state index in [0.717, 1.165) is 12.1 Å². The SMILES string of the molecule is CC(C)C(C(=O)OCc1ccccc1)N(C)Cc1ccccc1. The van der Waals surface area contributed by atoms with Crippen molar-refractivity contribution >= 4 is 5.97 Å². The van der Waals surface area contributed by atoms with Crippen molar-refractivity contribution in [2.45, 2.75) is 33.0 Å². The second-order valence-electron chi connectivity index (χ2n) is 6.18. The fourth-order valence-electron chi connectivity index (χ4n) is 2.74. The summed E-state index contributed by atoms with van der Waals surface area (Å²) in [6, 6.07) is 19.7. The highest BCUT2D eigenvalue weighted by Gasteiger charge is 2.28. The maximum absolute atomic E-state index is 12.5. The Hall–Kier alpha value is -2.13. The zero-order chi connectivity index (χ0) is 16.7. The van der Waals surface area contributed by atoms with Crippen LogP contribution in [-0.2, 0) is 22.7 Å². The third-order valence-corrected chi connectivity index (χ3v) is 3.85. The first-order chi connectivity index (χ1) is 11.1. The molecule has 0 spiro atoms. The molecule has 3 nitrogen and oxygen atoms in total. The van der Waals surface area contributed by atoms with E-state index in [0.29, 0.717) is 6.61 Å². The molecule has 0 aromatic heterocycles. The quantitative estimate of drug-likeness (QED) is 0.727. The van der Waals surface area contributed by atoms with Crippen molar-refractivity contribution in [3.8, 4) is 0 Å². The molecule has 1 atom stereocenters. The predicted molar refractivity (Wildman–Crippen MR) is 92.8 cm³/mol. The summed E-state index contributed by atoms with van der Waals surface area (Å²) in [6.45, 7) is 5.15. The number of hydrogen-bond acceptors (Lipinski definition) is 3. The van der Waals surface area contributed by atoms with Crippen LogP contribution in [0, 0.1) is 5.92 Å². The highest BCUT2D eigenvalue weighted by atomic mass is 16.5. The van der Waals surface area contributed by atoms with Crippen LogP contribution >= 0.6 is 0 Å². The molecule has 2 aromatic carbocycles. The number of nitrogens with zero attached hydrogens (tertiary/aromatic N) is 1. The minimum Gasteiger partial charge on any atom is -0.460 e. The highest BCUT2D eigenvalue weighted by molar-refractivity contribution is 5.76. The van der Waals surface area contributed by atoms with Gasteiger partial charge in [-0.15, -0.1) is 0 Å². The van der Waals surface area contributed by atoms with Crippen molar-refractivity contribution in [2.75, 3.05) is 7.05 Å². The Morgan fingerprint density at radius 2 is 1.48 bits per heavy atom. The number of esters is 1. The first-order valence-corrected chi connectivity index (χ1v) is 8.02. The third kappa shape index (κ3) is 5.22. The summed E-state index contributed by atoms with van der Waals surface area (Å²) in [6.07, 6.45) is 0. The van der Waals surface area contributed by atoms with Crippen LogP contribution in [-0.4, -0.2) is 24.0 Å². The van der Waals surface area contributed by atoms with E-state index in [2.05, 4.69) is 30.9 Å². The van der Waals surface area contributed by atoms with Gasteiger partial charge in [-0.1, -0.05) is 74.5 Å². The normalized spacial score (nSPS) is 12.4. The Bertz CT molecular complexity index is 596. The number of ether oxygens (including phenoxy) is 1. The van der Waals surface area contributed by atoms with Gasteiger partial charge in [-0.2, -0.15) is 0 Å². The molecule has 23 heavy (non-hydrogen) atoms. The molecule has 2 aromatic rings. The van der Waals surface area contributed by atoms with Gasteiger partial charge in [0, 0.05) is 6.54 Å². The van der Waals surface area contributed by atoms with Crippen LogP contribution in [0.25, 0.3) is 0 Å². The van der Waals surface area contributed by atoms with Crippen LogP contribution in [0.1, 0.15) is 25.0 Å². The summed E-state index contributed by atoms with van der Waals surface area (Å²) in [7, 11) is 1.97. The molecule has 3 heteroatoms. The van der Waals surface area contributed by atoms with E-state index in [1.807, 2.05) is 55.6 Å². The lowest BCUT2D eigenvalue weighted by atomic mass is 10.0. The van der Waals surface area contributed by atoms with E-state index >= 15 is 0 Å². The summed E-state index contributed by atoms with van der Waals surface area (Å²) in [5, 5.41) is 0. The topological polar surface area (TPSA) is 29.5 Å². The van der Waals surface area contributed by atoms with Crippen molar-refractivity contribution in [1.82, 2.24) is 4.90 Å². The van der Waals surface area contributed by atoms with Crippen LogP contribution < -0.4 is 0 Å². The summed E-state index contributed by atoms with van der Waals surface area (Å²) >= 11 is 0. The lowest BCUT2D eigenvalue weighted by molar-refractivity contribution is -0.153. The average Bonchev–Trinajstić information content (AvgIpc) is 2.54. The van der Waals surface area contributed by atoms with Gasteiger partial charge >= 0.3 is 5.97 Å². The Labute approximate surface area is 138 Å². The van der Waals surface area contributed by atoms with Crippen LogP contribution in [0.15, 0.2) is 60.7 Å². The minimum absolute atomic E-state index is 0.165. The Balaban J connectivity index is 1.97. The maximum atomic E-state index is 12.5. The van der Waals surface area contributed by atoms with Gasteiger partial charge in [-0.25, -0.2) is 0 Å². The first kappa shape index (κ1) is 17.2. The molecule has 2 rings (SSSR count). The van der Waals surface area contributed by atoms with Gasteiger partial charge in [0.2, 0.25) is 0 Å². The molecule has 0 aliphatic carbocycles. The molecule has 0 saturated heterocycles. The van der Waals surface area contributed by atoms with Gasteiger partial charge in [0.1, 0.15) is 12.6 Å². The third-order valence-electron chi connectivity index (χ3n) is 3.85. The van der Waals surface area contributed by atoms with Crippen molar-refractivity contribution in [1.29, 1.82) is 0 Å². The lowest BCUT2D eigenvalue weighted by Gasteiger charge is -2.29. The van der Waals surface area contributed by atoms with Gasteiger partial charge in [0.15, 0.2) is 0 Å². The van der Waals surface area contributed by atoms with Crippen LogP contribution in [0.3, 0.4) is 0 Å². The molecule has 0 radical (unpaired) electrons. The van der Waals surface area contributed by atoms with Crippen molar-refractivity contribution in [2.24, 2.45) is 5.92 Å². The highest BCUT2D eigenvalue weighted by Crippen LogP contribution is 2.15. The molecular weight excluding hydrogens is 286 g/mol. The number of rotatable bonds is 7. The molecule has 0 amide bonds.